The van der Waals surface area contributed by atoms with Gasteiger partial charge in [-0.25, -0.2) is 4.39 Å². The van der Waals surface area contributed by atoms with Gasteiger partial charge in [-0.05, 0) is 37.4 Å². The Labute approximate surface area is 122 Å². The first-order valence-electron chi connectivity index (χ1n) is 6.92. The smallest absolute Gasteiger partial charge is 0.271 e. The number of benzene rings is 1. The molecule has 110 valence electrons. The lowest BCUT2D eigenvalue weighted by molar-refractivity contribution is 0.0658. The number of nitrogens with one attached hydrogen (secondary N) is 1. The van der Waals surface area contributed by atoms with Gasteiger partial charge in [0, 0.05) is 31.7 Å². The van der Waals surface area contributed by atoms with E-state index in [9.17, 15) is 9.18 Å². The van der Waals surface area contributed by atoms with Gasteiger partial charge in [-0.15, -0.1) is 0 Å². The quantitative estimate of drug-likeness (QED) is 0.913. The zero-order valence-corrected chi connectivity index (χ0v) is 11.8. The number of H-pyrrole nitrogens is 1. The highest BCUT2D eigenvalue weighted by Crippen LogP contribution is 2.19. The lowest BCUT2D eigenvalue weighted by Crippen LogP contribution is -2.47. The van der Waals surface area contributed by atoms with Crippen LogP contribution in [0.15, 0.2) is 30.3 Å². The molecule has 1 N–H and O–H groups in total. The van der Waals surface area contributed by atoms with Gasteiger partial charge < -0.3 is 9.80 Å². The molecule has 0 bridgehead atoms. The van der Waals surface area contributed by atoms with Crippen LogP contribution in [0.5, 0.6) is 0 Å². The summed E-state index contributed by atoms with van der Waals surface area (Å²) >= 11 is 0. The summed E-state index contributed by atoms with van der Waals surface area (Å²) in [5.74, 6) is -0.327. The molecule has 1 aliphatic heterocycles. The van der Waals surface area contributed by atoms with Crippen LogP contribution in [-0.4, -0.2) is 59.1 Å². The van der Waals surface area contributed by atoms with Gasteiger partial charge in [-0.1, -0.05) is 0 Å². The van der Waals surface area contributed by atoms with Crippen molar-refractivity contribution in [3.8, 4) is 11.3 Å². The number of amides is 1. The monoisotopic (exact) mass is 288 g/mol. The molecule has 2 aromatic rings. The Morgan fingerprint density at radius 3 is 2.52 bits per heavy atom. The third-order valence-electron chi connectivity index (χ3n) is 3.74. The highest BCUT2D eigenvalue weighted by molar-refractivity contribution is 5.93. The number of aromatic nitrogens is 2. The van der Waals surface area contributed by atoms with Crippen molar-refractivity contribution in [3.05, 3.63) is 41.8 Å². The number of hydrogen-bond donors (Lipinski definition) is 1. The van der Waals surface area contributed by atoms with Crippen molar-refractivity contribution in [3.63, 3.8) is 0 Å². The molecule has 1 aliphatic rings. The molecule has 0 saturated carbocycles. The Morgan fingerprint density at radius 2 is 1.86 bits per heavy atom. The molecule has 0 unspecified atom stereocenters. The summed E-state index contributed by atoms with van der Waals surface area (Å²) in [6, 6.07) is 7.77. The fraction of sp³-hybridized carbons (Fsp3) is 0.333. The van der Waals surface area contributed by atoms with Gasteiger partial charge in [0.05, 0.1) is 5.69 Å². The number of aromatic amines is 1. The Bertz CT molecular complexity index is 629. The number of piperazine rings is 1. The average Bonchev–Trinajstić information content (AvgIpc) is 2.98. The van der Waals surface area contributed by atoms with E-state index in [1.165, 1.54) is 12.1 Å². The lowest BCUT2D eigenvalue weighted by atomic mass is 10.1. The molecule has 3 rings (SSSR count). The van der Waals surface area contributed by atoms with E-state index in [1.807, 2.05) is 11.9 Å². The number of hydrogen-bond acceptors (Lipinski definition) is 3. The minimum atomic E-state index is -0.289. The number of rotatable bonds is 2. The fourth-order valence-corrected chi connectivity index (χ4v) is 2.38. The van der Waals surface area contributed by atoms with E-state index < -0.39 is 0 Å². The highest BCUT2D eigenvalue weighted by Gasteiger charge is 2.22. The van der Waals surface area contributed by atoms with Crippen molar-refractivity contribution in [1.29, 1.82) is 0 Å². The molecule has 2 heterocycles. The van der Waals surface area contributed by atoms with Crippen LogP contribution in [0.1, 0.15) is 10.5 Å². The van der Waals surface area contributed by atoms with Gasteiger partial charge in [0.25, 0.3) is 5.91 Å². The predicted molar refractivity (Wildman–Crippen MR) is 77.4 cm³/mol. The second-order valence-electron chi connectivity index (χ2n) is 5.27. The van der Waals surface area contributed by atoms with Crippen molar-refractivity contribution in [2.45, 2.75) is 0 Å². The maximum absolute atomic E-state index is 12.9. The molecule has 1 fully saturated rings. The predicted octanol–water partition coefficient (Wildman–Crippen LogP) is 1.60. The van der Waals surface area contributed by atoms with Crippen LogP contribution < -0.4 is 0 Å². The molecule has 1 saturated heterocycles. The summed E-state index contributed by atoms with van der Waals surface area (Å²) < 4.78 is 12.9. The van der Waals surface area contributed by atoms with Crippen molar-refractivity contribution >= 4 is 5.91 Å². The van der Waals surface area contributed by atoms with Gasteiger partial charge in [0.1, 0.15) is 11.5 Å². The maximum Gasteiger partial charge on any atom is 0.271 e. The molecule has 21 heavy (non-hydrogen) atoms. The second-order valence-corrected chi connectivity index (χ2v) is 5.27. The van der Waals surface area contributed by atoms with E-state index in [0.717, 1.165) is 31.7 Å². The van der Waals surface area contributed by atoms with Crippen molar-refractivity contribution in [2.24, 2.45) is 0 Å². The van der Waals surface area contributed by atoms with Crippen LogP contribution in [0.25, 0.3) is 11.3 Å². The van der Waals surface area contributed by atoms with Gasteiger partial charge in [0.2, 0.25) is 0 Å². The molecule has 5 nitrogen and oxygen atoms in total. The SMILES string of the molecule is CN1CCN(C(=O)c2cc(-c3ccc(F)cc3)n[nH]2)CC1. The fourth-order valence-electron chi connectivity index (χ4n) is 2.38. The van der Waals surface area contributed by atoms with Gasteiger partial charge >= 0.3 is 0 Å². The highest BCUT2D eigenvalue weighted by atomic mass is 19.1. The molecule has 1 amide bonds. The summed E-state index contributed by atoms with van der Waals surface area (Å²) in [7, 11) is 2.05. The summed E-state index contributed by atoms with van der Waals surface area (Å²) in [4.78, 5) is 16.4. The maximum atomic E-state index is 12.9. The molecule has 0 spiro atoms. The molecular formula is C15H17FN4O. The largest absolute Gasteiger partial charge is 0.335 e. The molecule has 1 aromatic heterocycles. The molecular weight excluding hydrogens is 271 g/mol. The topological polar surface area (TPSA) is 52.2 Å². The van der Waals surface area contributed by atoms with E-state index in [-0.39, 0.29) is 11.7 Å². The molecule has 0 radical (unpaired) electrons. The van der Waals surface area contributed by atoms with Crippen LogP contribution in [0, 0.1) is 5.82 Å². The summed E-state index contributed by atoms with van der Waals surface area (Å²) in [5, 5.41) is 6.92. The minimum Gasteiger partial charge on any atom is -0.335 e. The van der Waals surface area contributed by atoms with Gasteiger partial charge in [-0.2, -0.15) is 5.10 Å². The van der Waals surface area contributed by atoms with Crippen LogP contribution in [0.2, 0.25) is 0 Å². The Hall–Kier alpha value is -2.21. The average molecular weight is 288 g/mol. The zero-order valence-electron chi connectivity index (χ0n) is 11.8. The van der Waals surface area contributed by atoms with E-state index in [0.29, 0.717) is 11.4 Å². The molecule has 0 aliphatic carbocycles. The number of carbonyl (C=O) groups excluding carboxylic acids is 1. The van der Waals surface area contributed by atoms with Crippen LogP contribution >= 0.6 is 0 Å². The Morgan fingerprint density at radius 1 is 1.19 bits per heavy atom. The second kappa shape index (κ2) is 5.65. The normalized spacial score (nSPS) is 16.2. The lowest BCUT2D eigenvalue weighted by Gasteiger charge is -2.31. The summed E-state index contributed by atoms with van der Waals surface area (Å²) in [5.41, 5.74) is 1.90. The van der Waals surface area contributed by atoms with Crippen LogP contribution in [0.4, 0.5) is 4.39 Å². The third kappa shape index (κ3) is 2.95. The first-order chi connectivity index (χ1) is 10.1. The summed E-state index contributed by atoms with van der Waals surface area (Å²) in [6.07, 6.45) is 0. The van der Waals surface area contributed by atoms with Crippen molar-refractivity contribution in [1.82, 2.24) is 20.0 Å². The zero-order chi connectivity index (χ0) is 14.8. The van der Waals surface area contributed by atoms with Crippen molar-refractivity contribution in [2.75, 3.05) is 33.2 Å². The van der Waals surface area contributed by atoms with Crippen molar-refractivity contribution < 1.29 is 9.18 Å². The standard InChI is InChI=1S/C15H17FN4O/c1-19-6-8-20(9-7-19)15(21)14-10-13(17-18-14)11-2-4-12(16)5-3-11/h2-5,10H,6-9H2,1H3,(H,17,18). The van der Waals surface area contributed by atoms with E-state index in [2.05, 4.69) is 15.1 Å². The molecule has 1 aromatic carbocycles. The number of halogens is 1. The first kappa shape index (κ1) is 13.8. The van der Waals surface area contributed by atoms with E-state index >= 15 is 0 Å². The first-order valence-corrected chi connectivity index (χ1v) is 6.92. The van der Waals surface area contributed by atoms with E-state index in [1.54, 1.807) is 18.2 Å². The third-order valence-corrected chi connectivity index (χ3v) is 3.74. The number of likely N-dealkylation sites (N-methyl/N-ethyl adjacent to an activating group) is 1. The Balaban J connectivity index is 1.75. The molecule has 6 heteroatoms. The Kier molecular flexibility index (Phi) is 3.70. The number of nitrogens with zero attached hydrogens (tertiary/aromatic N) is 3. The summed E-state index contributed by atoms with van der Waals surface area (Å²) in [6.45, 7) is 3.20. The van der Waals surface area contributed by atoms with Gasteiger partial charge in [0.15, 0.2) is 0 Å². The number of carbonyl (C=O) groups is 1. The van der Waals surface area contributed by atoms with Crippen LogP contribution in [0.3, 0.4) is 0 Å². The van der Waals surface area contributed by atoms with E-state index in [4.69, 9.17) is 0 Å². The van der Waals surface area contributed by atoms with Gasteiger partial charge in [-0.3, -0.25) is 9.89 Å². The minimum absolute atomic E-state index is 0.0380. The van der Waals surface area contributed by atoms with Crippen LogP contribution in [-0.2, 0) is 0 Å². The molecule has 0 atom stereocenters.